The summed E-state index contributed by atoms with van der Waals surface area (Å²) in [5.74, 6) is 1.70. The standard InChI is InChI=1S/C26H28N4O4/c1-17-3-6-19(7-4-17)25(31)29-22-9-8-20(30-12-2-11-28-30)14-21(22)26(32)27-15-18-5-10-23-24(13-18)34-16-33-23/h2,5,8-14,17,19H,3-4,6-7,15-16H2,1H3,(H,27,32)(H,29,31). The molecule has 5 rings (SSSR count). The van der Waals surface area contributed by atoms with Gasteiger partial charge in [0.1, 0.15) is 0 Å². The lowest BCUT2D eigenvalue weighted by molar-refractivity contribution is -0.121. The van der Waals surface area contributed by atoms with Crippen LogP contribution in [-0.2, 0) is 11.3 Å². The molecule has 0 unspecified atom stereocenters. The molecule has 8 heteroatoms. The third-order valence-electron chi connectivity index (χ3n) is 6.55. The Labute approximate surface area is 198 Å². The van der Waals surface area contributed by atoms with Crippen molar-refractivity contribution < 1.29 is 19.1 Å². The van der Waals surface area contributed by atoms with E-state index in [2.05, 4.69) is 22.7 Å². The van der Waals surface area contributed by atoms with Gasteiger partial charge in [-0.15, -0.1) is 0 Å². The summed E-state index contributed by atoms with van der Waals surface area (Å²) in [7, 11) is 0. The average molecular weight is 461 g/mol. The van der Waals surface area contributed by atoms with Crippen molar-refractivity contribution in [1.29, 1.82) is 0 Å². The van der Waals surface area contributed by atoms with Gasteiger partial charge in [-0.05, 0) is 73.6 Å². The van der Waals surface area contributed by atoms with Crippen molar-refractivity contribution in [3.63, 3.8) is 0 Å². The van der Waals surface area contributed by atoms with Crippen LogP contribution in [0.3, 0.4) is 0 Å². The second-order valence-corrected chi connectivity index (χ2v) is 9.00. The number of benzene rings is 2. The highest BCUT2D eigenvalue weighted by Crippen LogP contribution is 2.33. The first kappa shape index (κ1) is 22.0. The Hall–Kier alpha value is -3.81. The van der Waals surface area contributed by atoms with Crippen molar-refractivity contribution in [3.8, 4) is 17.2 Å². The molecule has 0 atom stereocenters. The summed E-state index contributed by atoms with van der Waals surface area (Å²) in [6, 6.07) is 12.8. The fraction of sp³-hybridized carbons (Fsp3) is 0.346. The van der Waals surface area contributed by atoms with Crippen molar-refractivity contribution >= 4 is 17.5 Å². The van der Waals surface area contributed by atoms with E-state index in [1.165, 1.54) is 0 Å². The van der Waals surface area contributed by atoms with E-state index in [0.29, 0.717) is 35.2 Å². The van der Waals surface area contributed by atoms with E-state index in [0.717, 1.165) is 36.9 Å². The molecule has 2 heterocycles. The van der Waals surface area contributed by atoms with Gasteiger partial charge < -0.3 is 20.1 Å². The number of carbonyl (C=O) groups excluding carboxylic acids is 2. The fourth-order valence-corrected chi connectivity index (χ4v) is 4.48. The maximum atomic E-state index is 13.2. The van der Waals surface area contributed by atoms with E-state index in [9.17, 15) is 9.59 Å². The Morgan fingerprint density at radius 1 is 1.06 bits per heavy atom. The number of aromatic nitrogens is 2. The third-order valence-corrected chi connectivity index (χ3v) is 6.55. The van der Waals surface area contributed by atoms with Crippen LogP contribution in [0.5, 0.6) is 11.5 Å². The number of amides is 2. The minimum atomic E-state index is -0.278. The van der Waals surface area contributed by atoms with E-state index in [1.807, 2.05) is 36.5 Å². The highest BCUT2D eigenvalue weighted by atomic mass is 16.7. The Kier molecular flexibility index (Phi) is 6.20. The van der Waals surface area contributed by atoms with Crippen LogP contribution in [0.25, 0.3) is 5.69 Å². The molecule has 2 aliphatic rings. The first-order valence-electron chi connectivity index (χ1n) is 11.7. The number of hydrogen-bond donors (Lipinski definition) is 2. The molecule has 1 aromatic heterocycles. The quantitative estimate of drug-likeness (QED) is 0.572. The summed E-state index contributed by atoms with van der Waals surface area (Å²) >= 11 is 0. The van der Waals surface area contributed by atoms with Gasteiger partial charge in [0, 0.05) is 24.9 Å². The largest absolute Gasteiger partial charge is 0.454 e. The van der Waals surface area contributed by atoms with Crippen molar-refractivity contribution in [3.05, 3.63) is 66.0 Å². The first-order valence-corrected chi connectivity index (χ1v) is 11.7. The molecule has 0 bridgehead atoms. The summed E-state index contributed by atoms with van der Waals surface area (Å²) in [5.41, 5.74) is 2.53. The maximum absolute atomic E-state index is 13.2. The number of hydrogen-bond acceptors (Lipinski definition) is 5. The van der Waals surface area contributed by atoms with Gasteiger partial charge in [-0.3, -0.25) is 9.59 Å². The van der Waals surface area contributed by atoms with E-state index in [-0.39, 0.29) is 24.5 Å². The first-order chi connectivity index (χ1) is 16.6. The molecule has 3 aromatic rings. The van der Waals surface area contributed by atoms with Crippen LogP contribution in [-0.4, -0.2) is 28.4 Å². The second-order valence-electron chi connectivity index (χ2n) is 9.00. The highest BCUT2D eigenvalue weighted by molar-refractivity contribution is 6.04. The molecule has 0 saturated heterocycles. The van der Waals surface area contributed by atoms with Gasteiger partial charge in [-0.2, -0.15) is 5.10 Å². The average Bonchev–Trinajstić information content (AvgIpc) is 3.55. The third kappa shape index (κ3) is 4.76. The predicted octanol–water partition coefficient (Wildman–Crippen LogP) is 4.30. The zero-order valence-electron chi connectivity index (χ0n) is 19.1. The number of nitrogens with zero attached hydrogens (tertiary/aromatic N) is 2. The Bertz CT molecular complexity index is 1180. The van der Waals surface area contributed by atoms with Crippen molar-refractivity contribution in [1.82, 2.24) is 15.1 Å². The van der Waals surface area contributed by atoms with Gasteiger partial charge in [0.2, 0.25) is 12.7 Å². The predicted molar refractivity (Wildman–Crippen MR) is 127 cm³/mol. The lowest BCUT2D eigenvalue weighted by Gasteiger charge is -2.25. The Balaban J connectivity index is 1.35. The van der Waals surface area contributed by atoms with Gasteiger partial charge in [0.05, 0.1) is 16.9 Å². The molecule has 1 fully saturated rings. The Morgan fingerprint density at radius 3 is 2.68 bits per heavy atom. The molecule has 0 spiro atoms. The topological polar surface area (TPSA) is 94.5 Å². The van der Waals surface area contributed by atoms with E-state index in [1.54, 1.807) is 23.0 Å². The zero-order chi connectivity index (χ0) is 23.5. The number of fused-ring (bicyclic) bond motifs is 1. The number of ether oxygens (including phenoxy) is 2. The van der Waals surface area contributed by atoms with E-state index >= 15 is 0 Å². The van der Waals surface area contributed by atoms with Gasteiger partial charge >= 0.3 is 0 Å². The van der Waals surface area contributed by atoms with Crippen LogP contribution in [0.4, 0.5) is 5.69 Å². The number of anilines is 1. The molecular formula is C26H28N4O4. The smallest absolute Gasteiger partial charge is 0.253 e. The van der Waals surface area contributed by atoms with Crippen LogP contribution in [0, 0.1) is 11.8 Å². The zero-order valence-corrected chi connectivity index (χ0v) is 19.1. The van der Waals surface area contributed by atoms with Crippen LogP contribution >= 0.6 is 0 Å². The van der Waals surface area contributed by atoms with Gasteiger partial charge in [0.25, 0.3) is 5.91 Å². The molecule has 1 saturated carbocycles. The van der Waals surface area contributed by atoms with Crippen LogP contribution in [0.1, 0.15) is 48.5 Å². The van der Waals surface area contributed by atoms with Crippen molar-refractivity contribution in [2.24, 2.45) is 11.8 Å². The number of nitrogens with one attached hydrogen (secondary N) is 2. The van der Waals surface area contributed by atoms with Crippen LogP contribution < -0.4 is 20.1 Å². The van der Waals surface area contributed by atoms with Crippen molar-refractivity contribution in [2.75, 3.05) is 12.1 Å². The highest BCUT2D eigenvalue weighted by Gasteiger charge is 2.25. The summed E-state index contributed by atoms with van der Waals surface area (Å²) in [4.78, 5) is 26.2. The van der Waals surface area contributed by atoms with E-state index < -0.39 is 0 Å². The molecular weight excluding hydrogens is 432 g/mol. The van der Waals surface area contributed by atoms with Gasteiger partial charge in [0.15, 0.2) is 11.5 Å². The monoisotopic (exact) mass is 460 g/mol. The van der Waals surface area contributed by atoms with E-state index in [4.69, 9.17) is 9.47 Å². The summed E-state index contributed by atoms with van der Waals surface area (Å²) < 4.78 is 12.5. The SMILES string of the molecule is CC1CCC(C(=O)Nc2ccc(-n3cccn3)cc2C(=O)NCc2ccc3c(c2)OCO3)CC1. The molecule has 8 nitrogen and oxygen atoms in total. The van der Waals surface area contributed by atoms with Crippen molar-refractivity contribution in [2.45, 2.75) is 39.2 Å². The number of rotatable bonds is 6. The van der Waals surface area contributed by atoms with Gasteiger partial charge in [-0.25, -0.2) is 4.68 Å². The molecule has 0 radical (unpaired) electrons. The van der Waals surface area contributed by atoms with Crippen LogP contribution in [0.15, 0.2) is 54.9 Å². The Morgan fingerprint density at radius 2 is 1.88 bits per heavy atom. The molecule has 2 amide bonds. The summed E-state index contributed by atoms with van der Waals surface area (Å²) in [5, 5.41) is 10.2. The molecule has 2 aromatic carbocycles. The molecule has 2 N–H and O–H groups in total. The molecule has 1 aliphatic carbocycles. The fourth-order valence-electron chi connectivity index (χ4n) is 4.48. The second kappa shape index (κ2) is 9.59. The normalized spacial score (nSPS) is 19.0. The van der Waals surface area contributed by atoms with Gasteiger partial charge in [-0.1, -0.05) is 13.0 Å². The molecule has 176 valence electrons. The summed E-state index contributed by atoms with van der Waals surface area (Å²) in [6.07, 6.45) is 7.36. The molecule has 34 heavy (non-hydrogen) atoms. The minimum Gasteiger partial charge on any atom is -0.454 e. The minimum absolute atomic E-state index is 0.0217. The lowest BCUT2D eigenvalue weighted by atomic mass is 9.82. The van der Waals surface area contributed by atoms with Crippen LogP contribution in [0.2, 0.25) is 0 Å². The maximum Gasteiger partial charge on any atom is 0.253 e. The lowest BCUT2D eigenvalue weighted by Crippen LogP contribution is -2.29. The number of carbonyl (C=O) groups is 2. The molecule has 1 aliphatic heterocycles. The summed E-state index contributed by atoms with van der Waals surface area (Å²) in [6.45, 7) is 2.74.